The fraction of sp³-hybridized carbons (Fsp3) is 0.464. The minimum absolute atomic E-state index is 0.0652. The monoisotopic (exact) mass is 1980 g/mol. The van der Waals surface area contributed by atoms with Crippen LogP contribution in [0, 0.1) is 6.92 Å². The maximum atomic E-state index is 17.6. The van der Waals surface area contributed by atoms with Crippen LogP contribution in [0.25, 0.3) is 11.1 Å². The number of esters is 1. The molecule has 24 N–H and O–H groups in total. The molecule has 0 spiro atoms. The maximum absolute atomic E-state index is 17.6. The van der Waals surface area contributed by atoms with Gasteiger partial charge < -0.3 is 162 Å². The molecule has 3 saturated heterocycles. The molecule has 9 aliphatic rings. The summed E-state index contributed by atoms with van der Waals surface area (Å²) in [4.78, 5) is 154. The van der Waals surface area contributed by atoms with E-state index in [9.17, 15) is 95.5 Å². The van der Waals surface area contributed by atoms with Crippen LogP contribution in [0.15, 0.2) is 115 Å². The Labute approximate surface area is 811 Å². The number of carbonyl (C=O) groups is 10. The van der Waals surface area contributed by atoms with E-state index in [-0.39, 0.29) is 52.3 Å². The van der Waals surface area contributed by atoms with Crippen LogP contribution in [0.2, 0.25) is 5.02 Å². The lowest BCUT2D eigenvalue weighted by Crippen LogP contribution is -2.70. The zero-order valence-corrected chi connectivity index (χ0v) is 77.7. The number of ether oxygens (including phenoxy) is 10. The van der Waals surface area contributed by atoms with Crippen molar-refractivity contribution in [3.05, 3.63) is 170 Å². The van der Waals surface area contributed by atoms with Gasteiger partial charge in [-0.2, -0.15) is 0 Å². The van der Waals surface area contributed by atoms with Gasteiger partial charge in [0.25, 0.3) is 5.91 Å². The second-order valence-corrected chi connectivity index (χ2v) is 36.1. The Bertz CT molecular complexity index is 5820. The van der Waals surface area contributed by atoms with Gasteiger partial charge in [0.15, 0.2) is 41.0 Å². The van der Waals surface area contributed by atoms with Crippen molar-refractivity contribution in [2.45, 2.75) is 265 Å². The molecule has 0 aliphatic carbocycles. The summed E-state index contributed by atoms with van der Waals surface area (Å²) < 4.78 is 64.6. The number of aliphatic hydroxyl groups excluding tert-OH is 10. The normalized spacial score (nSPS) is 27.7. The van der Waals surface area contributed by atoms with Crippen LogP contribution in [0.5, 0.6) is 63.2 Å². The number of primary amides is 1. The number of carboxylic acid groups (broad SMARTS) is 1. The molecular formula is C97H114ClN9O34. The van der Waals surface area contributed by atoms with Gasteiger partial charge in [-0.3, -0.25) is 48.5 Å². The van der Waals surface area contributed by atoms with Crippen molar-refractivity contribution in [1.29, 1.82) is 0 Å². The fourth-order valence-corrected chi connectivity index (χ4v) is 18.3. The molecule has 0 radical (unpaired) electrons. The highest BCUT2D eigenvalue weighted by atomic mass is 35.5. The van der Waals surface area contributed by atoms with E-state index in [1.807, 2.05) is 13.8 Å². The van der Waals surface area contributed by atoms with Crippen LogP contribution in [-0.4, -0.2) is 255 Å². The summed E-state index contributed by atoms with van der Waals surface area (Å²) in [6.45, 7) is 2.59. The third kappa shape index (κ3) is 23.6. The number of hydrogen-bond donors (Lipinski definition) is 23. The van der Waals surface area contributed by atoms with Gasteiger partial charge in [-0.05, 0) is 131 Å². The summed E-state index contributed by atoms with van der Waals surface area (Å²) in [5.41, 5.74) is -0.102. The van der Waals surface area contributed by atoms with Crippen molar-refractivity contribution < 1.29 is 167 Å². The summed E-state index contributed by atoms with van der Waals surface area (Å²) in [6, 6.07) is 5.88. The highest BCUT2D eigenvalue weighted by Crippen LogP contribution is 2.51. The number of aliphatic hydroxyl groups is 10. The molecule has 141 heavy (non-hydrogen) atoms. The molecule has 0 aromatic heterocycles. The van der Waals surface area contributed by atoms with Crippen LogP contribution in [0.1, 0.15) is 179 Å². The number of carboxylic acids is 1. The number of halogens is 1. The van der Waals surface area contributed by atoms with E-state index in [0.717, 1.165) is 131 Å². The van der Waals surface area contributed by atoms with E-state index in [2.05, 4.69) is 42.5 Å². The lowest BCUT2D eigenvalue weighted by molar-refractivity contribution is -0.285. The average Bonchev–Trinajstić information content (AvgIpc) is 1.70. The van der Waals surface area contributed by atoms with Crippen molar-refractivity contribution in [3.8, 4) is 74.4 Å². The third-order valence-corrected chi connectivity index (χ3v) is 25.8. The van der Waals surface area contributed by atoms with Gasteiger partial charge in [0.2, 0.25) is 59.7 Å². The first-order valence-corrected chi connectivity index (χ1v) is 46.6. The molecule has 9 heterocycles. The number of amides is 8. The van der Waals surface area contributed by atoms with Crippen molar-refractivity contribution in [3.63, 3.8) is 0 Å². The minimum atomic E-state index is -3.53. The van der Waals surface area contributed by atoms with Gasteiger partial charge in [-0.1, -0.05) is 120 Å². The van der Waals surface area contributed by atoms with Gasteiger partial charge in [0.1, 0.15) is 144 Å². The van der Waals surface area contributed by atoms with Crippen LogP contribution < -0.4 is 72.0 Å². The molecule has 3 fully saturated rings. The van der Waals surface area contributed by atoms with Gasteiger partial charge in [-0.15, -0.1) is 0 Å². The number of hydrogen-bond acceptors (Lipinski definition) is 34. The number of aliphatic carboxylic acids is 1. The predicted molar refractivity (Wildman–Crippen MR) is 490 cm³/mol. The van der Waals surface area contributed by atoms with E-state index in [4.69, 9.17) is 64.7 Å². The zero-order chi connectivity index (χ0) is 101. The smallest absolute Gasteiger partial charge is 0.330 e. The molecule has 44 heteroatoms. The maximum Gasteiger partial charge on any atom is 0.330 e. The fourth-order valence-electron chi connectivity index (χ4n) is 18.1. The van der Waals surface area contributed by atoms with Crippen molar-refractivity contribution in [2.24, 2.45) is 5.73 Å². The van der Waals surface area contributed by atoms with Gasteiger partial charge in [0.05, 0.1) is 31.3 Å². The number of aromatic hydroxyl groups is 3. The van der Waals surface area contributed by atoms with Gasteiger partial charge in [0, 0.05) is 55.0 Å². The summed E-state index contributed by atoms with van der Waals surface area (Å²) >= 11 is 7.60. The standard InChI is InChI=1S/C97H114ClN9O34/c1-5-7-9-11-13-14-16-69(115)102-77-83(122)81(120)68(42-132-71(117)17-15-12-10-8-6-2)139-94(77)141-87-64-33-50-34-65(87)135-61-25-21-47(32-57(61)98)86(140-93-76(100-44(4)111)82(121)79(118)66(40-109)137-93)78-90(127)105-75(92(129)130)56-37-53(113)38-63(136-95-85(124)84(123)80(119)67(41-110)138-95)72(56)55-35-51(22-20-48(55)39-108)97(106-78,96(99)131)107-91(128)74(50)104-89(126)73-49-30-52(112)36-54(31-49)133-62-28-46(18-23-59(62)114)29-70(116)101-58(88(125)103-73)27-45-19-24-60(134-64)43(3)26-45/h18-26,28,30-38,58,66-68,73-86,93-95,106,108-110,112-114,118-124H,5-17,27,29,39-42H2,1-4H3,(H2,99,131)(H,100,111)(H,101,116)(H,102,115)(H,103,125)(H,104,126)(H,105,127)(H,107,128)(H,129,130)/t58-,66?,67?,68?,73+,74-,75+,76?,77?,78+,79-,80-,81-,82?,83?,84?,85?,86-,93+,94+,95+,97-/m1/s1. The molecule has 0 saturated carbocycles. The Morgan fingerprint density at radius 3 is 1.84 bits per heavy atom. The quantitative estimate of drug-likeness (QED) is 0.0248. The number of fused-ring (bicyclic) bond motifs is 14. The molecule has 9 unspecified atom stereocenters. The molecule has 9 aliphatic heterocycles. The number of aryl methyl sites for hydroxylation is 1. The Balaban J connectivity index is 1.06. The second-order valence-electron chi connectivity index (χ2n) is 35.7. The number of phenolic OH excluding ortho intramolecular Hbond substituents is 3. The Hall–Kier alpha value is -12.7. The second kappa shape index (κ2) is 45.5. The van der Waals surface area contributed by atoms with Crippen molar-refractivity contribution in [2.75, 3.05) is 19.8 Å². The summed E-state index contributed by atoms with van der Waals surface area (Å²) in [5.74, 6) is -19.0. The summed E-state index contributed by atoms with van der Waals surface area (Å²) in [5, 5.41) is 182. The Morgan fingerprint density at radius 2 is 1.17 bits per heavy atom. The van der Waals surface area contributed by atoms with Crippen LogP contribution >= 0.6 is 11.6 Å². The SMILES string of the molecule is CCCCCCCCC(=O)NC1C(O)[C@H](O)C(COC(=O)CCCCCCC)O[C@H]1Oc1c2cc3cc1Oc1ccc(cc1Cl)[C@@H](O[C@@H]1OC(CO)[C@@H](O)C(O)C1NC(C)=O)[C@@H]1N[C@@](C(N)=O)(NC(=O)[C@@H]3NC(=O)[C@H]3NC(=O)[C@@H](Cc4ccc(c(C)c4)O2)NC(=O)Cc2ccc(O)c(c2)Oc2cc(O)cc3c2)c2ccc(CO)c(c2)-c2c(O[C@H]3OC(CO)[C@@H](O)C(O)C3O)cc(O)cc2[C@@H](C(=O)O)NC1=O. The van der Waals surface area contributed by atoms with E-state index in [1.165, 1.54) is 30.3 Å². The molecule has 17 bridgehead atoms. The lowest BCUT2D eigenvalue weighted by atomic mass is 9.86. The summed E-state index contributed by atoms with van der Waals surface area (Å²) in [7, 11) is 0. The number of benzene rings is 7. The number of phenols is 3. The number of nitrogens with two attached hydrogens (primary N) is 1. The van der Waals surface area contributed by atoms with Gasteiger partial charge >= 0.3 is 11.9 Å². The number of rotatable bonds is 28. The highest BCUT2D eigenvalue weighted by molar-refractivity contribution is 6.32. The third-order valence-electron chi connectivity index (χ3n) is 25.5. The summed E-state index contributed by atoms with van der Waals surface area (Å²) in [6.07, 6.45) is -22.0. The van der Waals surface area contributed by atoms with Crippen LogP contribution in [0.3, 0.4) is 0 Å². The zero-order valence-electron chi connectivity index (χ0n) is 76.9. The Kier molecular flexibility index (Phi) is 33.6. The van der Waals surface area contributed by atoms with Crippen molar-refractivity contribution >= 4 is 70.8 Å². The van der Waals surface area contributed by atoms with E-state index in [0.29, 0.717) is 31.2 Å². The first-order chi connectivity index (χ1) is 67.4. The molecule has 7 aromatic carbocycles. The topological polar surface area (TPSA) is 668 Å². The van der Waals surface area contributed by atoms with Crippen LogP contribution in [0.4, 0.5) is 0 Å². The van der Waals surface area contributed by atoms with E-state index in [1.54, 1.807) is 13.0 Å². The molecule has 43 nitrogen and oxygen atoms in total. The predicted octanol–water partition coefficient (Wildman–Crippen LogP) is 2.74. The number of carbonyl (C=O) groups excluding carboxylic acids is 9. The average molecular weight is 1990 g/mol. The van der Waals surface area contributed by atoms with Crippen LogP contribution in [-0.2, 0) is 96.7 Å². The molecule has 758 valence electrons. The van der Waals surface area contributed by atoms with Crippen molar-refractivity contribution in [1.82, 2.24) is 42.5 Å². The first kappa shape index (κ1) is 104. The molecular weight excluding hydrogens is 1870 g/mol. The molecule has 22 atom stereocenters. The first-order valence-electron chi connectivity index (χ1n) is 46.3. The lowest BCUT2D eigenvalue weighted by Gasteiger charge is -2.45. The van der Waals surface area contributed by atoms with E-state index >= 15 is 24.0 Å². The molecule has 8 amide bonds. The molecule has 7 aromatic rings. The number of nitrogens with one attached hydrogen (secondary N) is 8. The molecule has 16 rings (SSSR count). The Morgan fingerprint density at radius 1 is 0.553 bits per heavy atom. The minimum Gasteiger partial charge on any atom is -0.508 e. The largest absolute Gasteiger partial charge is 0.508 e. The van der Waals surface area contributed by atoms with E-state index < -0.39 is 317 Å². The van der Waals surface area contributed by atoms with Gasteiger partial charge in [-0.25, -0.2) is 4.79 Å². The number of unbranched alkanes of at least 4 members (excludes halogenated alkanes) is 9. The highest BCUT2D eigenvalue weighted by Gasteiger charge is 2.55.